The molecule has 1 heterocycles. The molecule has 10 heteroatoms. The Bertz CT molecular complexity index is 972. The Morgan fingerprint density at radius 3 is 2.57 bits per heavy atom. The molecule has 8 nitrogen and oxygen atoms in total. The van der Waals surface area contributed by atoms with Crippen molar-refractivity contribution in [1.82, 2.24) is 25.1 Å². The number of sulfonamides is 1. The van der Waals surface area contributed by atoms with Crippen LogP contribution >= 0.6 is 24.0 Å². The number of halogens is 1. The first-order valence-electron chi connectivity index (χ1n) is 9.74. The number of hydrogen-bond acceptors (Lipinski definition) is 4. The maximum absolute atomic E-state index is 12.0. The van der Waals surface area contributed by atoms with Gasteiger partial charge >= 0.3 is 0 Å². The van der Waals surface area contributed by atoms with Crippen LogP contribution in [0.4, 0.5) is 0 Å². The quantitative estimate of drug-likeness (QED) is 0.267. The van der Waals surface area contributed by atoms with E-state index in [2.05, 4.69) is 39.3 Å². The summed E-state index contributed by atoms with van der Waals surface area (Å²) in [5.74, 6) is 0.695. The first kappa shape index (κ1) is 26.4. The van der Waals surface area contributed by atoms with Crippen LogP contribution in [0, 0.1) is 13.8 Å². The summed E-state index contributed by atoms with van der Waals surface area (Å²) in [6, 6.07) is 6.97. The summed E-state index contributed by atoms with van der Waals surface area (Å²) in [5.41, 5.74) is 4.28. The molecular weight excluding hydrogens is 515 g/mol. The van der Waals surface area contributed by atoms with Crippen molar-refractivity contribution in [3.8, 4) is 0 Å². The molecule has 168 valence electrons. The van der Waals surface area contributed by atoms with E-state index in [0.717, 1.165) is 24.2 Å². The SMILES string of the molecule is CCNC(=NCc1cccc(S(=O)(=O)NC)c1)NC(C)Cc1c(C)nn(C)c1C.I. The van der Waals surface area contributed by atoms with E-state index in [-0.39, 0.29) is 34.9 Å². The van der Waals surface area contributed by atoms with Crippen LogP contribution in [0.25, 0.3) is 0 Å². The highest BCUT2D eigenvalue weighted by atomic mass is 127. The Morgan fingerprint density at radius 1 is 1.30 bits per heavy atom. The van der Waals surface area contributed by atoms with Crippen LogP contribution in [-0.2, 0) is 30.0 Å². The number of aromatic nitrogens is 2. The predicted octanol–water partition coefficient (Wildman–Crippen LogP) is 2.25. The van der Waals surface area contributed by atoms with Gasteiger partial charge in [-0.1, -0.05) is 12.1 Å². The van der Waals surface area contributed by atoms with Crippen LogP contribution in [0.5, 0.6) is 0 Å². The topological polar surface area (TPSA) is 100 Å². The van der Waals surface area contributed by atoms with Crippen molar-refractivity contribution in [2.45, 2.75) is 51.6 Å². The predicted molar refractivity (Wildman–Crippen MR) is 132 cm³/mol. The lowest BCUT2D eigenvalue weighted by atomic mass is 10.1. The summed E-state index contributed by atoms with van der Waals surface area (Å²) >= 11 is 0. The second-order valence-corrected chi connectivity index (χ2v) is 8.96. The first-order chi connectivity index (χ1) is 13.7. The molecule has 0 aliphatic carbocycles. The van der Waals surface area contributed by atoms with Crippen LogP contribution < -0.4 is 15.4 Å². The van der Waals surface area contributed by atoms with Crippen molar-refractivity contribution in [2.75, 3.05) is 13.6 Å². The maximum atomic E-state index is 12.0. The molecule has 3 N–H and O–H groups in total. The molecule has 0 bridgehead atoms. The highest BCUT2D eigenvalue weighted by Crippen LogP contribution is 2.14. The summed E-state index contributed by atoms with van der Waals surface area (Å²) in [5, 5.41) is 11.2. The Balaban J connectivity index is 0.00000450. The fourth-order valence-electron chi connectivity index (χ4n) is 3.12. The molecule has 0 saturated heterocycles. The van der Waals surface area contributed by atoms with Gasteiger partial charge in [0.25, 0.3) is 0 Å². The van der Waals surface area contributed by atoms with Gasteiger partial charge in [-0.2, -0.15) is 5.10 Å². The van der Waals surface area contributed by atoms with Crippen molar-refractivity contribution >= 4 is 40.0 Å². The molecule has 1 aromatic heterocycles. The molecular formula is C20H33IN6O2S. The molecule has 0 spiro atoms. The number of rotatable bonds is 8. The molecule has 2 rings (SSSR count). The normalized spacial score (nSPS) is 12.9. The lowest BCUT2D eigenvalue weighted by molar-refractivity contribution is 0.588. The molecule has 2 aromatic rings. The van der Waals surface area contributed by atoms with Crippen molar-refractivity contribution in [1.29, 1.82) is 0 Å². The number of hydrogen-bond donors (Lipinski definition) is 3. The molecule has 0 aliphatic heterocycles. The van der Waals surface area contributed by atoms with Gasteiger partial charge in [-0.05, 0) is 64.4 Å². The molecule has 0 amide bonds. The average molecular weight is 548 g/mol. The van der Waals surface area contributed by atoms with E-state index in [4.69, 9.17) is 0 Å². The van der Waals surface area contributed by atoms with E-state index >= 15 is 0 Å². The number of benzene rings is 1. The number of aryl methyl sites for hydroxylation is 2. The summed E-state index contributed by atoms with van der Waals surface area (Å²) in [4.78, 5) is 4.86. The van der Waals surface area contributed by atoms with Crippen molar-refractivity contribution < 1.29 is 8.42 Å². The minimum atomic E-state index is -3.47. The van der Waals surface area contributed by atoms with Crippen molar-refractivity contribution in [3.63, 3.8) is 0 Å². The summed E-state index contributed by atoms with van der Waals surface area (Å²) in [7, 11) is -0.108. The van der Waals surface area contributed by atoms with Crippen LogP contribution in [0.2, 0.25) is 0 Å². The van der Waals surface area contributed by atoms with Crippen molar-refractivity contribution in [3.05, 3.63) is 46.8 Å². The zero-order chi connectivity index (χ0) is 21.6. The standard InChI is InChI=1S/C20H32N6O2S.HI/c1-7-22-20(24-14(2)11-19-15(3)25-26(6)16(19)4)23-13-17-9-8-10-18(12-17)29(27,28)21-5;/h8-10,12,14,21H,7,11,13H2,1-6H3,(H2,22,23,24);1H. The van der Waals surface area contributed by atoms with E-state index in [1.807, 2.05) is 31.6 Å². The van der Waals surface area contributed by atoms with E-state index in [1.54, 1.807) is 18.2 Å². The van der Waals surface area contributed by atoms with Gasteiger partial charge in [0, 0.05) is 25.3 Å². The van der Waals surface area contributed by atoms with Gasteiger partial charge in [-0.15, -0.1) is 24.0 Å². The Hall–Kier alpha value is -1.66. The Kier molecular flexibility index (Phi) is 10.2. The average Bonchev–Trinajstić information content (AvgIpc) is 2.92. The van der Waals surface area contributed by atoms with Gasteiger partial charge in [0.15, 0.2) is 5.96 Å². The van der Waals surface area contributed by atoms with E-state index < -0.39 is 10.0 Å². The summed E-state index contributed by atoms with van der Waals surface area (Å²) in [6.45, 7) is 9.34. The molecule has 0 aliphatic rings. The van der Waals surface area contributed by atoms with Gasteiger partial charge in [-0.3, -0.25) is 4.68 Å². The van der Waals surface area contributed by atoms with Gasteiger partial charge in [-0.25, -0.2) is 18.1 Å². The number of nitrogens with zero attached hydrogens (tertiary/aromatic N) is 3. The first-order valence-corrected chi connectivity index (χ1v) is 11.2. The number of guanidine groups is 1. The minimum Gasteiger partial charge on any atom is -0.357 e. The second-order valence-electron chi connectivity index (χ2n) is 7.07. The van der Waals surface area contributed by atoms with Crippen molar-refractivity contribution in [2.24, 2.45) is 12.0 Å². The number of aliphatic imine (C=N–C) groups is 1. The molecule has 0 fully saturated rings. The van der Waals surface area contributed by atoms with Crippen LogP contribution in [0.1, 0.15) is 36.4 Å². The van der Waals surface area contributed by atoms with Gasteiger partial charge in [0.05, 0.1) is 17.1 Å². The third-order valence-corrected chi connectivity index (χ3v) is 6.21. The molecule has 0 saturated carbocycles. The number of nitrogens with one attached hydrogen (secondary N) is 3. The minimum absolute atomic E-state index is 0. The molecule has 1 aromatic carbocycles. The van der Waals surface area contributed by atoms with Gasteiger partial charge in [0.1, 0.15) is 0 Å². The molecule has 1 unspecified atom stereocenters. The Labute approximate surface area is 197 Å². The third-order valence-electron chi connectivity index (χ3n) is 4.79. The molecule has 1 atom stereocenters. The summed E-state index contributed by atoms with van der Waals surface area (Å²) < 4.78 is 28.2. The van der Waals surface area contributed by atoms with E-state index in [0.29, 0.717) is 12.5 Å². The third kappa shape index (κ3) is 6.95. The molecule has 0 radical (unpaired) electrons. The van der Waals surface area contributed by atoms with E-state index in [9.17, 15) is 8.42 Å². The Morgan fingerprint density at radius 2 is 2.00 bits per heavy atom. The zero-order valence-electron chi connectivity index (χ0n) is 18.5. The fraction of sp³-hybridized carbons (Fsp3) is 0.500. The van der Waals surface area contributed by atoms with Crippen LogP contribution in [0.3, 0.4) is 0 Å². The highest BCUT2D eigenvalue weighted by Gasteiger charge is 2.14. The van der Waals surface area contributed by atoms with Crippen LogP contribution in [-0.4, -0.2) is 43.8 Å². The van der Waals surface area contributed by atoms with E-state index in [1.165, 1.54) is 18.3 Å². The second kappa shape index (κ2) is 11.7. The van der Waals surface area contributed by atoms with Crippen LogP contribution in [0.15, 0.2) is 34.2 Å². The highest BCUT2D eigenvalue weighted by molar-refractivity contribution is 14.0. The lowest BCUT2D eigenvalue weighted by Gasteiger charge is -2.18. The fourth-order valence-corrected chi connectivity index (χ4v) is 3.92. The molecule has 30 heavy (non-hydrogen) atoms. The largest absolute Gasteiger partial charge is 0.357 e. The maximum Gasteiger partial charge on any atom is 0.240 e. The summed E-state index contributed by atoms with van der Waals surface area (Å²) in [6.07, 6.45) is 0.839. The van der Waals surface area contributed by atoms with Gasteiger partial charge < -0.3 is 10.6 Å². The smallest absolute Gasteiger partial charge is 0.240 e. The van der Waals surface area contributed by atoms with Gasteiger partial charge in [0.2, 0.25) is 10.0 Å². The zero-order valence-corrected chi connectivity index (χ0v) is 21.6. The monoisotopic (exact) mass is 548 g/mol. The lowest BCUT2D eigenvalue weighted by Crippen LogP contribution is -2.43.